The number of hydrogen-bond donors (Lipinski definition) is 1. The maximum atomic E-state index is 11.4. The highest BCUT2D eigenvalue weighted by atomic mass is 17.2. The highest BCUT2D eigenvalue weighted by Crippen LogP contribution is 2.13. The second kappa shape index (κ2) is 9.96. The molecule has 0 radical (unpaired) electrons. The summed E-state index contributed by atoms with van der Waals surface area (Å²) < 4.78 is 9.67. The van der Waals surface area contributed by atoms with Crippen LogP contribution in [0.2, 0.25) is 0 Å². The molecule has 0 fully saturated rings. The predicted octanol–water partition coefficient (Wildman–Crippen LogP) is 2.34. The Morgan fingerprint density at radius 2 is 1.74 bits per heavy atom. The second-order valence-electron chi connectivity index (χ2n) is 4.17. The van der Waals surface area contributed by atoms with Crippen molar-refractivity contribution in [2.24, 2.45) is 0 Å². The van der Waals surface area contributed by atoms with Gasteiger partial charge in [0, 0.05) is 6.08 Å². The molecular formula is C15H16O8. The summed E-state index contributed by atoms with van der Waals surface area (Å²) in [5, 5.41) is 8.73. The Morgan fingerprint density at radius 1 is 1.09 bits per heavy atom. The van der Waals surface area contributed by atoms with Gasteiger partial charge < -0.3 is 14.6 Å². The minimum Gasteiger partial charge on any atom is -0.478 e. The molecule has 23 heavy (non-hydrogen) atoms. The summed E-state index contributed by atoms with van der Waals surface area (Å²) in [4.78, 5) is 41.5. The van der Waals surface area contributed by atoms with Crippen LogP contribution in [-0.2, 0) is 19.3 Å². The molecule has 0 heterocycles. The molecule has 0 amide bonds. The van der Waals surface area contributed by atoms with Gasteiger partial charge in [0.2, 0.25) is 0 Å². The van der Waals surface area contributed by atoms with E-state index in [0.29, 0.717) is 12.8 Å². The lowest BCUT2D eigenvalue weighted by atomic mass is 10.2. The molecule has 0 atom stereocenters. The van der Waals surface area contributed by atoms with E-state index in [1.807, 2.05) is 0 Å². The molecule has 0 aliphatic heterocycles. The van der Waals surface area contributed by atoms with E-state index in [1.165, 1.54) is 24.3 Å². The summed E-state index contributed by atoms with van der Waals surface area (Å²) in [7, 11) is 0. The molecule has 8 heteroatoms. The molecule has 1 aromatic carbocycles. The Bertz CT molecular complexity index is 549. The maximum Gasteiger partial charge on any atom is 0.513 e. The van der Waals surface area contributed by atoms with Crippen molar-refractivity contribution >= 4 is 18.1 Å². The topological polar surface area (TPSA) is 108 Å². The van der Waals surface area contributed by atoms with Gasteiger partial charge in [-0.3, -0.25) is 4.89 Å². The van der Waals surface area contributed by atoms with E-state index in [-0.39, 0.29) is 24.5 Å². The summed E-state index contributed by atoms with van der Waals surface area (Å²) in [6.45, 7) is 3.46. The van der Waals surface area contributed by atoms with Gasteiger partial charge in [0.05, 0.1) is 18.8 Å². The van der Waals surface area contributed by atoms with Crippen molar-refractivity contribution in [3.05, 3.63) is 42.5 Å². The number of benzene rings is 1. The molecule has 0 aliphatic rings. The molecule has 0 aliphatic carbocycles. The smallest absolute Gasteiger partial charge is 0.478 e. The molecule has 0 saturated heterocycles. The Hall–Kier alpha value is -2.87. The maximum absolute atomic E-state index is 11.4. The van der Waals surface area contributed by atoms with Crippen LogP contribution in [0.1, 0.15) is 23.2 Å². The number of hydrogen-bond acceptors (Lipinski definition) is 7. The summed E-state index contributed by atoms with van der Waals surface area (Å²) in [6.07, 6.45) is 1.07. The zero-order valence-corrected chi connectivity index (χ0v) is 12.2. The van der Waals surface area contributed by atoms with E-state index in [0.717, 1.165) is 6.08 Å². The quantitative estimate of drug-likeness (QED) is 0.184. The van der Waals surface area contributed by atoms with Gasteiger partial charge in [-0.1, -0.05) is 6.58 Å². The van der Waals surface area contributed by atoms with Crippen molar-refractivity contribution in [1.82, 2.24) is 0 Å². The molecule has 0 unspecified atom stereocenters. The fourth-order valence-corrected chi connectivity index (χ4v) is 1.34. The van der Waals surface area contributed by atoms with Crippen molar-refractivity contribution in [3.8, 4) is 5.75 Å². The van der Waals surface area contributed by atoms with Gasteiger partial charge in [0.25, 0.3) is 0 Å². The van der Waals surface area contributed by atoms with Gasteiger partial charge >= 0.3 is 18.1 Å². The van der Waals surface area contributed by atoms with E-state index < -0.39 is 18.1 Å². The number of carbonyl (C=O) groups excluding carboxylic acids is 2. The molecule has 1 aromatic rings. The molecular weight excluding hydrogens is 308 g/mol. The van der Waals surface area contributed by atoms with Crippen LogP contribution in [0.25, 0.3) is 0 Å². The highest BCUT2D eigenvalue weighted by Gasteiger charge is 2.07. The third kappa shape index (κ3) is 7.63. The van der Waals surface area contributed by atoms with E-state index in [9.17, 15) is 14.4 Å². The molecule has 0 saturated carbocycles. The number of ether oxygens (including phenoxy) is 2. The summed E-state index contributed by atoms with van der Waals surface area (Å²) in [6, 6.07) is 5.33. The van der Waals surface area contributed by atoms with E-state index in [1.54, 1.807) is 0 Å². The van der Waals surface area contributed by atoms with Gasteiger partial charge in [-0.05, 0) is 37.1 Å². The Balaban J connectivity index is 2.13. The fraction of sp³-hybridized carbons (Fsp3) is 0.267. The molecule has 8 nitrogen and oxygen atoms in total. The third-order valence-corrected chi connectivity index (χ3v) is 2.45. The lowest BCUT2D eigenvalue weighted by molar-refractivity contribution is -0.267. The minimum atomic E-state index is -1.07. The van der Waals surface area contributed by atoms with Crippen LogP contribution in [0.4, 0.5) is 4.79 Å². The number of unbranched alkanes of at least 4 members (excludes halogenated alkanes) is 1. The van der Waals surface area contributed by atoms with Crippen LogP contribution in [0.5, 0.6) is 5.75 Å². The number of rotatable bonds is 9. The first-order chi connectivity index (χ1) is 11.0. The van der Waals surface area contributed by atoms with Crippen LogP contribution in [0.3, 0.4) is 0 Å². The molecule has 0 bridgehead atoms. The van der Waals surface area contributed by atoms with E-state index in [2.05, 4.69) is 16.4 Å². The fourth-order valence-electron chi connectivity index (χ4n) is 1.34. The number of aromatic carboxylic acids is 1. The number of carbonyl (C=O) groups is 3. The summed E-state index contributed by atoms with van der Waals surface area (Å²) >= 11 is 0. The first kappa shape index (κ1) is 18.2. The van der Waals surface area contributed by atoms with Crippen LogP contribution in [0, 0.1) is 0 Å². The van der Waals surface area contributed by atoms with Crippen LogP contribution in [-0.4, -0.2) is 36.4 Å². The zero-order valence-electron chi connectivity index (χ0n) is 12.2. The third-order valence-electron chi connectivity index (χ3n) is 2.45. The molecule has 1 rings (SSSR count). The molecule has 0 spiro atoms. The highest BCUT2D eigenvalue weighted by molar-refractivity contribution is 5.87. The molecule has 1 N–H and O–H groups in total. The van der Waals surface area contributed by atoms with Crippen molar-refractivity contribution in [1.29, 1.82) is 0 Å². The van der Waals surface area contributed by atoms with Gasteiger partial charge in [-0.2, -0.15) is 4.89 Å². The van der Waals surface area contributed by atoms with Crippen LogP contribution < -0.4 is 4.74 Å². The Kier molecular flexibility index (Phi) is 7.87. The van der Waals surface area contributed by atoms with E-state index >= 15 is 0 Å². The van der Waals surface area contributed by atoms with Crippen LogP contribution in [0.15, 0.2) is 36.9 Å². The monoisotopic (exact) mass is 324 g/mol. The van der Waals surface area contributed by atoms with Gasteiger partial charge in [0.15, 0.2) is 0 Å². The number of carboxylic acids is 1. The SMILES string of the molecule is C=CC(=O)OOCCCCOC(=O)Oc1ccc(C(=O)O)cc1. The molecule has 0 aromatic heterocycles. The average Bonchev–Trinajstić information content (AvgIpc) is 2.54. The van der Waals surface area contributed by atoms with Crippen molar-refractivity contribution in [2.75, 3.05) is 13.2 Å². The zero-order chi connectivity index (χ0) is 17.1. The largest absolute Gasteiger partial charge is 0.513 e. The normalized spacial score (nSPS) is 9.74. The first-order valence-corrected chi connectivity index (χ1v) is 6.66. The van der Waals surface area contributed by atoms with Gasteiger partial charge in [-0.25, -0.2) is 14.4 Å². The molecule has 124 valence electrons. The number of carboxylic acid groups (broad SMARTS) is 1. The average molecular weight is 324 g/mol. The van der Waals surface area contributed by atoms with Gasteiger partial charge in [0.1, 0.15) is 5.75 Å². The summed E-state index contributed by atoms with van der Waals surface area (Å²) in [5.74, 6) is -1.57. The van der Waals surface area contributed by atoms with Crippen LogP contribution >= 0.6 is 0 Å². The second-order valence-corrected chi connectivity index (χ2v) is 4.17. The Morgan fingerprint density at radius 3 is 2.35 bits per heavy atom. The first-order valence-electron chi connectivity index (χ1n) is 6.66. The lowest BCUT2D eigenvalue weighted by Crippen LogP contribution is -2.12. The predicted molar refractivity (Wildman–Crippen MR) is 76.9 cm³/mol. The van der Waals surface area contributed by atoms with Crippen molar-refractivity contribution in [3.63, 3.8) is 0 Å². The lowest BCUT2D eigenvalue weighted by Gasteiger charge is -2.06. The van der Waals surface area contributed by atoms with Crippen molar-refractivity contribution in [2.45, 2.75) is 12.8 Å². The Labute approximate surface area is 132 Å². The standard InChI is InChI=1S/C15H16O8/c1-2-13(16)23-21-10-4-3-9-20-15(19)22-12-7-5-11(6-8-12)14(17)18/h2,5-8H,1,3-4,9-10H2,(H,17,18). The summed E-state index contributed by atoms with van der Waals surface area (Å²) in [5.41, 5.74) is 0.0860. The van der Waals surface area contributed by atoms with E-state index in [4.69, 9.17) is 14.6 Å². The van der Waals surface area contributed by atoms with Gasteiger partial charge in [-0.15, -0.1) is 0 Å². The van der Waals surface area contributed by atoms with Crippen molar-refractivity contribution < 1.29 is 38.7 Å². The minimum absolute atomic E-state index is 0.0860.